The van der Waals surface area contributed by atoms with Gasteiger partial charge in [0.2, 0.25) is 5.91 Å². The zero-order chi connectivity index (χ0) is 11.8. The van der Waals surface area contributed by atoms with Crippen LogP contribution in [0.15, 0.2) is 12.1 Å². The summed E-state index contributed by atoms with van der Waals surface area (Å²) in [5.74, 6) is 0.0466. The van der Waals surface area contributed by atoms with E-state index in [0.717, 1.165) is 18.0 Å². The molecule has 1 aromatic heterocycles. The van der Waals surface area contributed by atoms with E-state index < -0.39 is 0 Å². The fourth-order valence-electron chi connectivity index (χ4n) is 1.19. The number of ether oxygens (including phenoxy) is 1. The Morgan fingerprint density at radius 2 is 2.31 bits per heavy atom. The molecule has 1 rings (SSSR count). The smallest absolute Gasteiger partial charge is 0.233 e. The van der Waals surface area contributed by atoms with Crippen LogP contribution in [0.25, 0.3) is 0 Å². The minimum atomic E-state index is 0.0466. The lowest BCUT2D eigenvalue weighted by Crippen LogP contribution is -2.33. The lowest BCUT2D eigenvalue weighted by Gasteiger charge is -2.04. The number of amides is 1. The number of nitrogens with one attached hydrogen (secondary N) is 2. The molecule has 0 aromatic carbocycles. The van der Waals surface area contributed by atoms with Gasteiger partial charge in [-0.2, -0.15) is 0 Å². The van der Waals surface area contributed by atoms with Crippen molar-refractivity contribution >= 4 is 17.2 Å². The van der Waals surface area contributed by atoms with Crippen LogP contribution in [0.3, 0.4) is 0 Å². The standard InChI is InChI=1S/C11H18N2O2S/c1-3-6-13-10(14)8-12-7-9-4-5-11(15-2)16-9/h4-5,12H,3,6-8H2,1-2H3,(H,13,14). The molecule has 0 radical (unpaired) electrons. The first-order chi connectivity index (χ1) is 7.76. The Kier molecular flexibility index (Phi) is 5.88. The Hall–Kier alpha value is -1.07. The Labute approximate surface area is 100 Å². The summed E-state index contributed by atoms with van der Waals surface area (Å²) in [5, 5.41) is 6.80. The zero-order valence-electron chi connectivity index (χ0n) is 9.71. The van der Waals surface area contributed by atoms with Crippen molar-refractivity contribution in [2.24, 2.45) is 0 Å². The second kappa shape index (κ2) is 7.24. The summed E-state index contributed by atoms with van der Waals surface area (Å²) in [6, 6.07) is 3.93. The van der Waals surface area contributed by atoms with E-state index in [0.29, 0.717) is 13.1 Å². The number of rotatable bonds is 7. The maximum atomic E-state index is 11.3. The molecule has 1 amide bonds. The van der Waals surface area contributed by atoms with Crippen molar-refractivity contribution in [2.75, 3.05) is 20.2 Å². The summed E-state index contributed by atoms with van der Waals surface area (Å²) < 4.78 is 5.09. The van der Waals surface area contributed by atoms with Crippen LogP contribution < -0.4 is 15.4 Å². The fraction of sp³-hybridized carbons (Fsp3) is 0.545. The Morgan fingerprint density at radius 1 is 1.50 bits per heavy atom. The molecule has 0 spiro atoms. The number of hydrogen-bond acceptors (Lipinski definition) is 4. The molecule has 0 saturated heterocycles. The molecule has 4 nitrogen and oxygen atoms in total. The quantitative estimate of drug-likeness (QED) is 0.759. The molecule has 1 heterocycles. The van der Waals surface area contributed by atoms with Crippen molar-refractivity contribution in [2.45, 2.75) is 19.9 Å². The van der Waals surface area contributed by atoms with E-state index in [1.54, 1.807) is 18.4 Å². The first-order valence-corrected chi connectivity index (χ1v) is 6.18. The van der Waals surface area contributed by atoms with Gasteiger partial charge in [0.1, 0.15) is 0 Å². The highest BCUT2D eigenvalue weighted by Gasteiger charge is 2.01. The lowest BCUT2D eigenvalue weighted by atomic mass is 10.4. The maximum absolute atomic E-state index is 11.3. The average Bonchev–Trinajstić information content (AvgIpc) is 2.74. The van der Waals surface area contributed by atoms with E-state index in [1.807, 2.05) is 19.1 Å². The second-order valence-electron chi connectivity index (χ2n) is 3.38. The summed E-state index contributed by atoms with van der Waals surface area (Å²) >= 11 is 1.59. The van der Waals surface area contributed by atoms with Crippen molar-refractivity contribution in [3.8, 4) is 5.06 Å². The van der Waals surface area contributed by atoms with Gasteiger partial charge in [0, 0.05) is 18.0 Å². The zero-order valence-corrected chi connectivity index (χ0v) is 10.5. The summed E-state index contributed by atoms with van der Waals surface area (Å²) in [6.07, 6.45) is 0.966. The van der Waals surface area contributed by atoms with E-state index in [9.17, 15) is 4.79 Å². The average molecular weight is 242 g/mol. The molecule has 0 atom stereocenters. The number of hydrogen-bond donors (Lipinski definition) is 2. The summed E-state index contributed by atoms with van der Waals surface area (Å²) in [6.45, 7) is 3.84. The highest BCUT2D eigenvalue weighted by Crippen LogP contribution is 2.23. The molecule has 0 saturated carbocycles. The van der Waals surface area contributed by atoms with E-state index >= 15 is 0 Å². The van der Waals surface area contributed by atoms with E-state index in [-0.39, 0.29) is 5.91 Å². The fourth-order valence-corrected chi connectivity index (χ4v) is 1.98. The lowest BCUT2D eigenvalue weighted by molar-refractivity contribution is -0.120. The largest absolute Gasteiger partial charge is 0.487 e. The molecule has 90 valence electrons. The van der Waals surface area contributed by atoms with Gasteiger partial charge in [0.05, 0.1) is 13.7 Å². The summed E-state index contributed by atoms with van der Waals surface area (Å²) in [5.41, 5.74) is 0. The van der Waals surface area contributed by atoms with Gasteiger partial charge in [0.25, 0.3) is 0 Å². The molecule has 0 aliphatic carbocycles. The van der Waals surface area contributed by atoms with Gasteiger partial charge in [-0.05, 0) is 18.6 Å². The van der Waals surface area contributed by atoms with Crippen molar-refractivity contribution in [3.05, 3.63) is 17.0 Å². The Balaban J connectivity index is 2.17. The minimum absolute atomic E-state index is 0.0466. The molecule has 0 unspecified atom stereocenters. The normalized spacial score (nSPS) is 10.1. The van der Waals surface area contributed by atoms with Crippen LogP contribution in [-0.2, 0) is 11.3 Å². The SMILES string of the molecule is CCCNC(=O)CNCc1ccc(OC)s1. The van der Waals surface area contributed by atoms with Gasteiger partial charge in [-0.15, -0.1) is 11.3 Å². The maximum Gasteiger partial charge on any atom is 0.233 e. The molecular formula is C11H18N2O2S. The molecule has 1 aromatic rings. The van der Waals surface area contributed by atoms with Crippen molar-refractivity contribution in [1.29, 1.82) is 0 Å². The topological polar surface area (TPSA) is 50.4 Å². The van der Waals surface area contributed by atoms with Gasteiger partial charge < -0.3 is 15.4 Å². The first-order valence-electron chi connectivity index (χ1n) is 5.36. The molecule has 2 N–H and O–H groups in total. The number of carbonyl (C=O) groups is 1. The predicted molar refractivity (Wildman–Crippen MR) is 65.9 cm³/mol. The van der Waals surface area contributed by atoms with E-state index in [1.165, 1.54) is 4.88 Å². The minimum Gasteiger partial charge on any atom is -0.487 e. The van der Waals surface area contributed by atoms with Crippen LogP contribution >= 0.6 is 11.3 Å². The molecular weight excluding hydrogens is 224 g/mol. The van der Waals surface area contributed by atoms with Gasteiger partial charge in [-0.1, -0.05) is 6.92 Å². The third kappa shape index (κ3) is 4.63. The van der Waals surface area contributed by atoms with Crippen LogP contribution in [-0.4, -0.2) is 26.1 Å². The van der Waals surface area contributed by atoms with Crippen molar-refractivity contribution in [3.63, 3.8) is 0 Å². The molecule has 0 aliphatic rings. The molecule has 0 aliphatic heterocycles. The van der Waals surface area contributed by atoms with Gasteiger partial charge in [-0.25, -0.2) is 0 Å². The first kappa shape index (κ1) is 13.0. The highest BCUT2D eigenvalue weighted by molar-refractivity contribution is 7.13. The second-order valence-corrected chi connectivity index (χ2v) is 4.51. The molecule has 0 bridgehead atoms. The van der Waals surface area contributed by atoms with Gasteiger partial charge >= 0.3 is 0 Å². The van der Waals surface area contributed by atoms with Crippen LogP contribution in [0, 0.1) is 0 Å². The van der Waals surface area contributed by atoms with Crippen LogP contribution in [0.5, 0.6) is 5.06 Å². The molecule has 0 fully saturated rings. The van der Waals surface area contributed by atoms with Gasteiger partial charge in [0.15, 0.2) is 5.06 Å². The summed E-state index contributed by atoms with van der Waals surface area (Å²) in [4.78, 5) is 12.4. The third-order valence-corrected chi connectivity index (χ3v) is 3.04. The van der Waals surface area contributed by atoms with Gasteiger partial charge in [-0.3, -0.25) is 4.79 Å². The van der Waals surface area contributed by atoms with Crippen LogP contribution in [0.4, 0.5) is 0 Å². The van der Waals surface area contributed by atoms with Crippen molar-refractivity contribution in [1.82, 2.24) is 10.6 Å². The number of carbonyl (C=O) groups excluding carboxylic acids is 1. The van der Waals surface area contributed by atoms with Crippen LogP contribution in [0.1, 0.15) is 18.2 Å². The number of thiophene rings is 1. The molecule has 16 heavy (non-hydrogen) atoms. The van der Waals surface area contributed by atoms with Crippen molar-refractivity contribution < 1.29 is 9.53 Å². The van der Waals surface area contributed by atoms with Crippen LogP contribution in [0.2, 0.25) is 0 Å². The van der Waals surface area contributed by atoms with E-state index in [2.05, 4.69) is 10.6 Å². The highest BCUT2D eigenvalue weighted by atomic mass is 32.1. The number of methoxy groups -OCH3 is 1. The van der Waals surface area contributed by atoms with E-state index in [4.69, 9.17) is 4.74 Å². The Bertz CT molecular complexity index is 326. The Morgan fingerprint density at radius 3 is 2.94 bits per heavy atom. The summed E-state index contributed by atoms with van der Waals surface area (Å²) in [7, 11) is 1.65. The predicted octanol–water partition coefficient (Wildman–Crippen LogP) is 1.37. The third-order valence-electron chi connectivity index (χ3n) is 2.00. The molecule has 5 heteroatoms. The monoisotopic (exact) mass is 242 g/mol.